The summed E-state index contributed by atoms with van der Waals surface area (Å²) in [6.45, 7) is 17.3. The molecule has 4 heterocycles. The molecule has 2 nitrogen and oxygen atoms in total. The highest BCUT2D eigenvalue weighted by Gasteiger charge is 2.55. The predicted octanol–water partition coefficient (Wildman–Crippen LogP) is 16.4. The number of hydrogen-bond donors (Lipinski definition) is 0. The largest absolute Gasteiger partial charge is 0.456 e. The van der Waals surface area contributed by atoms with Crippen LogP contribution in [0.25, 0.3) is 82.3 Å². The maximum atomic E-state index is 7.39. The van der Waals surface area contributed by atoms with E-state index >= 15 is 0 Å². The SMILES string of the molecule is CCCCc1ccc(C2C3=C(B4c5c(cc6c(oc7ccccc76)c52)-c2cccc5c6cc7ccccc7cc6n4c25)C(C)(C)c2cc4c(cc23)C(C)(C)CCC4(C)C)c(-c2ccccc2)c1. The van der Waals surface area contributed by atoms with Crippen molar-refractivity contribution in [2.75, 3.05) is 0 Å². The number of allylic oxidation sites excluding steroid dienone is 2. The minimum absolute atomic E-state index is 0.0539. The summed E-state index contributed by atoms with van der Waals surface area (Å²) in [5.74, 6) is -0.0959. The molecule has 8 aromatic carbocycles. The third kappa shape index (κ3) is 5.24. The molecular formula is C64H56BNO. The first-order valence-electron chi connectivity index (χ1n) is 25.0. The normalized spacial score (nSPS) is 18.3. The van der Waals surface area contributed by atoms with E-state index in [0.29, 0.717) is 0 Å². The first kappa shape index (κ1) is 39.6. The van der Waals surface area contributed by atoms with Gasteiger partial charge in [-0.3, -0.25) is 0 Å². The molecule has 4 aliphatic rings. The third-order valence-electron chi connectivity index (χ3n) is 17.4. The summed E-state index contributed by atoms with van der Waals surface area (Å²) >= 11 is 0. The maximum Gasteiger partial charge on any atom is 0.326 e. The molecule has 0 bridgehead atoms. The van der Waals surface area contributed by atoms with Crippen LogP contribution in [-0.4, -0.2) is 11.3 Å². The molecule has 0 saturated heterocycles. The fraction of sp³-hybridized carbons (Fsp3) is 0.250. The lowest BCUT2D eigenvalue weighted by atomic mass is 9.37. The second-order valence-electron chi connectivity index (χ2n) is 22.4. The van der Waals surface area contributed by atoms with Crippen LogP contribution in [0.3, 0.4) is 0 Å². The summed E-state index contributed by atoms with van der Waals surface area (Å²) in [5.41, 5.74) is 24.2. The molecule has 0 radical (unpaired) electrons. The highest BCUT2D eigenvalue weighted by atomic mass is 16.3. The molecule has 1 unspecified atom stereocenters. The Hall–Kier alpha value is -6.58. The van der Waals surface area contributed by atoms with E-state index in [9.17, 15) is 0 Å². The Labute approximate surface area is 394 Å². The van der Waals surface area contributed by atoms with Gasteiger partial charge in [-0.05, 0) is 133 Å². The van der Waals surface area contributed by atoms with Crippen molar-refractivity contribution in [3.8, 4) is 22.3 Å². The van der Waals surface area contributed by atoms with Gasteiger partial charge >= 0.3 is 6.85 Å². The molecule has 14 rings (SSSR count). The molecule has 326 valence electrons. The van der Waals surface area contributed by atoms with Gasteiger partial charge in [0.2, 0.25) is 0 Å². The number of aromatic nitrogens is 1. The molecule has 0 fully saturated rings. The standard InChI is InChI=1S/C64H56BNO/c1-8-9-18-37-27-28-42(45(31-37)38-19-11-10-12-20-38)55-56-49-35-51-52(63(4,5)30-29-62(51,2)3)36-50(49)64(6,7)61(56)65-58-47(34-48-41-23-15-16-26-54(41)67-60(48)57(55)58)44-25-17-24-43-46-32-39-21-13-14-22-40(39)33-53(46)66(65)59(43)44/h10-17,19-28,31-36,55H,8-9,18,29-30H2,1-7H3. The first-order valence-corrected chi connectivity index (χ1v) is 25.0. The van der Waals surface area contributed by atoms with Gasteiger partial charge in [-0.25, -0.2) is 0 Å². The highest BCUT2D eigenvalue weighted by molar-refractivity contribution is 6.85. The molecule has 2 aliphatic heterocycles. The molecular weight excluding hydrogens is 810 g/mol. The fourth-order valence-corrected chi connectivity index (χ4v) is 13.9. The average molecular weight is 866 g/mol. The van der Waals surface area contributed by atoms with Gasteiger partial charge < -0.3 is 8.90 Å². The summed E-state index contributed by atoms with van der Waals surface area (Å²) < 4.78 is 10.2. The summed E-state index contributed by atoms with van der Waals surface area (Å²) in [6, 6.07) is 56.4. The average Bonchev–Trinajstić information content (AvgIpc) is 3.95. The van der Waals surface area contributed by atoms with E-state index in [4.69, 9.17) is 4.42 Å². The van der Waals surface area contributed by atoms with Crippen LogP contribution in [-0.2, 0) is 22.7 Å². The lowest BCUT2D eigenvalue weighted by Crippen LogP contribution is -2.52. The maximum absolute atomic E-state index is 7.39. The number of aryl methyl sites for hydroxylation is 1. The molecule has 2 aliphatic carbocycles. The van der Waals surface area contributed by atoms with Crippen LogP contribution in [0.15, 0.2) is 155 Å². The van der Waals surface area contributed by atoms with Crippen molar-refractivity contribution in [2.24, 2.45) is 0 Å². The monoisotopic (exact) mass is 865 g/mol. The van der Waals surface area contributed by atoms with E-state index in [2.05, 4.69) is 199 Å². The van der Waals surface area contributed by atoms with Gasteiger partial charge in [0.1, 0.15) is 11.2 Å². The van der Waals surface area contributed by atoms with Gasteiger partial charge in [-0.2, -0.15) is 0 Å². The Morgan fingerprint density at radius 3 is 2.10 bits per heavy atom. The van der Waals surface area contributed by atoms with E-state index < -0.39 is 0 Å². The number of rotatable bonds is 5. The lowest BCUT2D eigenvalue weighted by molar-refractivity contribution is 0.331. The van der Waals surface area contributed by atoms with Crippen molar-refractivity contribution in [3.05, 3.63) is 190 Å². The summed E-state index contributed by atoms with van der Waals surface area (Å²) in [4.78, 5) is 0. The number of nitrogens with zero attached hydrogens (tertiary/aromatic N) is 1. The number of hydrogen-bond acceptors (Lipinski definition) is 1. The zero-order chi connectivity index (χ0) is 45.3. The van der Waals surface area contributed by atoms with E-state index in [-0.39, 0.29) is 29.0 Å². The van der Waals surface area contributed by atoms with Crippen LogP contribution in [0.4, 0.5) is 0 Å². The molecule has 1 atom stereocenters. The van der Waals surface area contributed by atoms with E-state index in [1.165, 1.54) is 147 Å². The van der Waals surface area contributed by atoms with Crippen molar-refractivity contribution in [1.29, 1.82) is 0 Å². The number of unbranched alkanes of at least 4 members (excludes halogenated alkanes) is 1. The predicted molar refractivity (Wildman–Crippen MR) is 284 cm³/mol. The number of furan rings is 1. The van der Waals surface area contributed by atoms with Crippen molar-refractivity contribution >= 4 is 72.4 Å². The van der Waals surface area contributed by atoms with E-state index in [1.54, 1.807) is 0 Å². The zero-order valence-corrected chi connectivity index (χ0v) is 39.9. The van der Waals surface area contributed by atoms with Crippen LogP contribution >= 0.6 is 0 Å². The lowest BCUT2D eigenvalue weighted by Gasteiger charge is -2.43. The smallest absolute Gasteiger partial charge is 0.326 e. The van der Waals surface area contributed by atoms with E-state index in [1.807, 2.05) is 0 Å². The van der Waals surface area contributed by atoms with Gasteiger partial charge in [-0.15, -0.1) is 0 Å². The topological polar surface area (TPSA) is 18.1 Å². The Morgan fingerprint density at radius 2 is 1.31 bits per heavy atom. The minimum atomic E-state index is -0.294. The Morgan fingerprint density at radius 1 is 0.597 bits per heavy atom. The summed E-state index contributed by atoms with van der Waals surface area (Å²) in [5, 5.41) is 7.59. The number of benzene rings is 8. The van der Waals surface area contributed by atoms with E-state index in [0.717, 1.165) is 17.6 Å². The molecule has 0 amide bonds. The Balaban J connectivity index is 1.20. The van der Waals surface area contributed by atoms with Gasteiger partial charge in [0, 0.05) is 55.0 Å². The fourth-order valence-electron chi connectivity index (χ4n) is 13.9. The van der Waals surface area contributed by atoms with Crippen molar-refractivity contribution < 1.29 is 4.42 Å². The molecule has 3 heteroatoms. The Kier molecular flexibility index (Phi) is 7.99. The van der Waals surface area contributed by atoms with Crippen molar-refractivity contribution in [2.45, 2.75) is 103 Å². The number of para-hydroxylation sites is 2. The van der Waals surface area contributed by atoms with Crippen molar-refractivity contribution in [3.63, 3.8) is 0 Å². The van der Waals surface area contributed by atoms with Crippen LogP contribution in [0, 0.1) is 0 Å². The quantitative estimate of drug-likeness (QED) is 0.158. The molecule has 2 aromatic heterocycles. The Bertz CT molecular complexity index is 3830. The first-order chi connectivity index (χ1) is 32.4. The zero-order valence-electron chi connectivity index (χ0n) is 39.9. The van der Waals surface area contributed by atoms with Gasteiger partial charge in [0.15, 0.2) is 0 Å². The van der Waals surface area contributed by atoms with Crippen LogP contribution < -0.4 is 5.46 Å². The number of fused-ring (bicyclic) bond motifs is 14. The van der Waals surface area contributed by atoms with Gasteiger partial charge in [-0.1, -0.05) is 182 Å². The molecule has 0 N–H and O–H groups in total. The molecule has 0 spiro atoms. The second kappa shape index (κ2) is 13.5. The summed E-state index contributed by atoms with van der Waals surface area (Å²) in [6.07, 6.45) is 5.78. The van der Waals surface area contributed by atoms with Crippen molar-refractivity contribution in [1.82, 2.24) is 4.48 Å². The van der Waals surface area contributed by atoms with Crippen LogP contribution in [0.5, 0.6) is 0 Å². The summed E-state index contributed by atoms with van der Waals surface area (Å²) in [7, 11) is 0. The van der Waals surface area contributed by atoms with Gasteiger partial charge in [0.25, 0.3) is 0 Å². The van der Waals surface area contributed by atoms with Gasteiger partial charge in [0.05, 0.1) is 0 Å². The molecule has 0 saturated carbocycles. The molecule has 10 aromatic rings. The third-order valence-corrected chi connectivity index (χ3v) is 17.4. The second-order valence-corrected chi connectivity index (χ2v) is 22.4. The van der Waals surface area contributed by atoms with Crippen LogP contribution in [0.2, 0.25) is 0 Å². The minimum Gasteiger partial charge on any atom is -0.456 e. The molecule has 67 heavy (non-hydrogen) atoms. The highest BCUT2D eigenvalue weighted by Crippen LogP contribution is 2.62. The van der Waals surface area contributed by atoms with Crippen LogP contribution in [0.1, 0.15) is 119 Å².